The first-order valence-electron chi connectivity index (χ1n) is 0. The van der Waals surface area contributed by atoms with Gasteiger partial charge in [0, 0.05) is 46.2 Å². The largest absolute Gasteiger partial charge is 0.412 e. The summed E-state index contributed by atoms with van der Waals surface area (Å²) in [7, 11) is 0. The van der Waals surface area contributed by atoms with Gasteiger partial charge >= 0.3 is 0 Å². The van der Waals surface area contributed by atoms with Crippen LogP contribution in [0, 0.1) is 0 Å². The fourth-order valence-corrected chi connectivity index (χ4v) is 0. The van der Waals surface area contributed by atoms with Crippen molar-refractivity contribution < 1.29 is 32.9 Å². The molecule has 0 rings (SSSR count). The molecule has 0 bridgehead atoms. The van der Waals surface area contributed by atoms with Crippen LogP contribution in [0.2, 0.25) is 0 Å². The molecule has 0 heterocycles. The van der Waals surface area contributed by atoms with E-state index in [1.54, 1.807) is 0 Å². The molecule has 0 aliphatic carbocycles. The van der Waals surface area contributed by atoms with Crippen LogP contribution in [0.25, 0.3) is 0 Å². The minimum absolute atomic E-state index is 0. The smallest absolute Gasteiger partial charge is 0 e. The van der Waals surface area contributed by atoms with Crippen LogP contribution in [0.4, 0.5) is 0 Å². The Bertz CT molecular complexity index is 11.0. The third-order valence-corrected chi connectivity index (χ3v) is 0. The van der Waals surface area contributed by atoms with E-state index in [4.69, 9.17) is 0 Å². The maximum absolute atomic E-state index is 0. The van der Waals surface area contributed by atoms with Crippen LogP contribution in [0.15, 0.2) is 0 Å². The van der Waals surface area contributed by atoms with Crippen LogP contribution in [-0.4, -0.2) is 79.0 Å². The molecule has 0 amide bonds. The van der Waals surface area contributed by atoms with Crippen molar-refractivity contribution >= 4 is 46.2 Å². The second-order valence-corrected chi connectivity index (χ2v) is 0. The number of hydrogen-bond donors (Lipinski definition) is 0. The zero-order valence-electron chi connectivity index (χ0n) is 4.50. The van der Waals surface area contributed by atoms with E-state index in [2.05, 4.69) is 0 Å². The minimum atomic E-state index is 0. The predicted octanol–water partition coefficient (Wildman–Crippen LogP) is -6.09. The van der Waals surface area contributed by atoms with Gasteiger partial charge < -0.3 is 32.9 Å². The standard InChI is InChI=1S/2Ge.6H2O.Si/h;;6*1H2;. The van der Waals surface area contributed by atoms with Gasteiger partial charge in [-0.2, -0.15) is 0 Å². The molecular weight excluding hydrogens is 269 g/mol. The van der Waals surface area contributed by atoms with Crippen molar-refractivity contribution in [2.45, 2.75) is 0 Å². The molecule has 0 aliphatic heterocycles. The van der Waals surface area contributed by atoms with E-state index in [0.29, 0.717) is 0 Å². The van der Waals surface area contributed by atoms with E-state index < -0.39 is 0 Å². The summed E-state index contributed by atoms with van der Waals surface area (Å²) in [4.78, 5) is 0. The fraction of sp³-hybridized carbons (Fsp3) is 0. The summed E-state index contributed by atoms with van der Waals surface area (Å²) in [5.41, 5.74) is 0. The Morgan fingerprint density at radius 1 is 0.333 bits per heavy atom. The molecule has 0 aromatic carbocycles. The summed E-state index contributed by atoms with van der Waals surface area (Å²) < 4.78 is 0. The monoisotopic (exact) mass is 284 g/mol. The third kappa shape index (κ3) is 400. The van der Waals surface area contributed by atoms with Crippen LogP contribution in [-0.2, 0) is 0 Å². The van der Waals surface area contributed by atoms with Gasteiger partial charge in [-0.3, -0.25) is 0 Å². The molecule has 60 valence electrons. The molecule has 9 heteroatoms. The van der Waals surface area contributed by atoms with Crippen molar-refractivity contribution in [1.82, 2.24) is 0 Å². The summed E-state index contributed by atoms with van der Waals surface area (Å²) in [6, 6.07) is 0. The van der Waals surface area contributed by atoms with Crippen LogP contribution >= 0.6 is 0 Å². The van der Waals surface area contributed by atoms with Gasteiger partial charge in [0.2, 0.25) is 0 Å². The van der Waals surface area contributed by atoms with Gasteiger partial charge in [0.1, 0.15) is 0 Å². The molecule has 0 fully saturated rings. The summed E-state index contributed by atoms with van der Waals surface area (Å²) in [6.07, 6.45) is 0. The predicted molar refractivity (Wildman–Crippen MR) is 38.9 cm³/mol. The maximum atomic E-state index is 0. The first kappa shape index (κ1) is 732. The van der Waals surface area contributed by atoms with Crippen LogP contribution in [0.1, 0.15) is 0 Å². The zero-order chi connectivity index (χ0) is 0. The first-order chi connectivity index (χ1) is 0. The van der Waals surface area contributed by atoms with E-state index in [1.165, 1.54) is 0 Å². The third-order valence-electron chi connectivity index (χ3n) is 0. The Hall–Kier alpha value is 1.06. The summed E-state index contributed by atoms with van der Waals surface area (Å²) >= 11 is 0. The molecule has 0 aromatic rings. The maximum Gasteiger partial charge on any atom is 0 e. The van der Waals surface area contributed by atoms with E-state index in [-0.39, 0.29) is 79.0 Å². The Kier molecular flexibility index (Phi) is 42400. The van der Waals surface area contributed by atoms with Crippen molar-refractivity contribution in [1.29, 1.82) is 0 Å². The molecule has 0 spiro atoms. The van der Waals surface area contributed by atoms with Crippen molar-refractivity contribution in [3.8, 4) is 0 Å². The quantitative estimate of drug-likeness (QED) is 0.382. The molecule has 12 N–H and O–H groups in total. The molecule has 0 saturated carbocycles. The number of hydrogen-bond acceptors (Lipinski definition) is 0. The average Bonchev–Trinajstić information content (AvgIpc) is 0. The van der Waals surface area contributed by atoms with Crippen LogP contribution < -0.4 is 0 Å². The molecule has 9 heavy (non-hydrogen) atoms. The molecular formula is H12Ge2O6Si. The van der Waals surface area contributed by atoms with E-state index in [9.17, 15) is 0 Å². The van der Waals surface area contributed by atoms with Crippen LogP contribution in [0.3, 0.4) is 0 Å². The molecule has 0 aromatic heterocycles. The van der Waals surface area contributed by atoms with Gasteiger partial charge in [-0.25, -0.2) is 0 Å². The Morgan fingerprint density at radius 2 is 0.333 bits per heavy atom. The Balaban J connectivity index is 0. The fourth-order valence-electron chi connectivity index (χ4n) is 0. The van der Waals surface area contributed by atoms with Gasteiger partial charge in [0.05, 0.1) is 0 Å². The van der Waals surface area contributed by atoms with Gasteiger partial charge in [-0.05, 0) is 0 Å². The van der Waals surface area contributed by atoms with Gasteiger partial charge in [-0.15, -0.1) is 0 Å². The minimum Gasteiger partial charge on any atom is -0.412 e. The van der Waals surface area contributed by atoms with Gasteiger partial charge in [0.15, 0.2) is 0 Å². The van der Waals surface area contributed by atoms with Gasteiger partial charge in [-0.1, -0.05) is 0 Å². The molecule has 0 atom stereocenters. The van der Waals surface area contributed by atoms with Crippen molar-refractivity contribution in [2.24, 2.45) is 0 Å². The molecule has 0 unspecified atom stereocenters. The second kappa shape index (κ2) is 522. The topological polar surface area (TPSA) is 189 Å². The first-order valence-corrected chi connectivity index (χ1v) is 0. The molecule has 0 saturated heterocycles. The Morgan fingerprint density at radius 3 is 0.333 bits per heavy atom. The van der Waals surface area contributed by atoms with Gasteiger partial charge in [0.25, 0.3) is 0 Å². The second-order valence-electron chi connectivity index (χ2n) is 0. The molecule has 0 aliphatic rings. The summed E-state index contributed by atoms with van der Waals surface area (Å²) in [6.45, 7) is 0. The van der Waals surface area contributed by atoms with E-state index in [1.807, 2.05) is 0 Å². The van der Waals surface area contributed by atoms with Crippen LogP contribution in [0.5, 0.6) is 0 Å². The molecule has 6 nitrogen and oxygen atoms in total. The van der Waals surface area contributed by atoms with E-state index in [0.717, 1.165) is 0 Å². The van der Waals surface area contributed by atoms with Crippen molar-refractivity contribution in [3.63, 3.8) is 0 Å². The molecule has 12 radical (unpaired) electrons. The normalized spacial score (nSPS) is 0. The van der Waals surface area contributed by atoms with Crippen molar-refractivity contribution in [3.05, 3.63) is 0 Å². The number of rotatable bonds is 0. The van der Waals surface area contributed by atoms with E-state index >= 15 is 0 Å². The average molecular weight is 281 g/mol. The van der Waals surface area contributed by atoms with Crippen molar-refractivity contribution in [2.75, 3.05) is 0 Å². The SMILES string of the molecule is O.O.O.O.O.O.[Ge].[Ge].[Si]. The zero-order valence-corrected chi connectivity index (χ0v) is 9.70. The summed E-state index contributed by atoms with van der Waals surface area (Å²) in [5, 5.41) is 0. The Labute approximate surface area is 79.2 Å². The summed E-state index contributed by atoms with van der Waals surface area (Å²) in [5.74, 6) is 0.